The Morgan fingerprint density at radius 1 is 1.45 bits per heavy atom. The molecule has 1 saturated carbocycles. The van der Waals surface area contributed by atoms with Gasteiger partial charge in [-0.05, 0) is 30.9 Å². The minimum Gasteiger partial charge on any atom is -0.392 e. The van der Waals surface area contributed by atoms with Crippen LogP contribution in [-0.4, -0.2) is 28.2 Å². The molecule has 0 bridgehead atoms. The first-order valence-corrected chi connectivity index (χ1v) is 8.64. The molecule has 0 amide bonds. The van der Waals surface area contributed by atoms with Crippen LogP contribution in [0, 0.1) is 5.92 Å². The minimum atomic E-state index is -3.72. The zero-order valence-corrected chi connectivity index (χ0v) is 12.8. The number of nitrogens with two attached hydrogens (primary N) is 1. The van der Waals surface area contributed by atoms with Gasteiger partial charge in [0.25, 0.3) is 0 Å². The summed E-state index contributed by atoms with van der Waals surface area (Å²) < 4.78 is 35.7. The van der Waals surface area contributed by atoms with E-state index in [1.807, 2.05) is 0 Å². The van der Waals surface area contributed by atoms with E-state index in [-0.39, 0.29) is 15.8 Å². The van der Waals surface area contributed by atoms with Gasteiger partial charge in [-0.25, -0.2) is 13.1 Å². The third-order valence-electron chi connectivity index (χ3n) is 3.22. The van der Waals surface area contributed by atoms with Gasteiger partial charge in [-0.1, -0.05) is 18.3 Å². The molecule has 0 spiro atoms. The number of aromatic nitrogens is 2. The van der Waals surface area contributed by atoms with Gasteiger partial charge in [0.05, 0.1) is 22.8 Å². The summed E-state index contributed by atoms with van der Waals surface area (Å²) in [5, 5.41) is 0. The monoisotopic (exact) mass is 328 g/mol. The van der Waals surface area contributed by atoms with Crippen molar-refractivity contribution in [3.05, 3.63) is 18.2 Å². The van der Waals surface area contributed by atoms with Crippen molar-refractivity contribution in [3.8, 4) is 0 Å². The molecule has 0 saturated heterocycles. The van der Waals surface area contributed by atoms with Gasteiger partial charge in [-0.3, -0.25) is 0 Å². The predicted molar refractivity (Wildman–Crippen MR) is 81.0 cm³/mol. The predicted octanol–water partition coefficient (Wildman–Crippen LogP) is 1.03. The largest absolute Gasteiger partial charge is 0.392 e. The van der Waals surface area contributed by atoms with Crippen molar-refractivity contribution in [1.82, 2.24) is 13.5 Å². The molecular weight excluding hydrogens is 316 g/mol. The number of nitrogens with zero attached hydrogens (tertiary/aromatic N) is 2. The van der Waals surface area contributed by atoms with Crippen LogP contribution in [-0.2, 0) is 10.0 Å². The van der Waals surface area contributed by atoms with Gasteiger partial charge in [-0.15, -0.1) is 0 Å². The molecule has 0 aliphatic heterocycles. The molecule has 1 heterocycles. The summed E-state index contributed by atoms with van der Waals surface area (Å²) in [5.41, 5.74) is 6.58. The number of fused-ring (bicyclic) bond motifs is 1. The van der Waals surface area contributed by atoms with Crippen molar-refractivity contribution in [2.75, 3.05) is 0 Å². The zero-order chi connectivity index (χ0) is 14.3. The molecule has 9 heteroatoms. The van der Waals surface area contributed by atoms with Crippen molar-refractivity contribution < 1.29 is 8.42 Å². The van der Waals surface area contributed by atoms with Gasteiger partial charge in [0.1, 0.15) is 15.9 Å². The van der Waals surface area contributed by atoms with Gasteiger partial charge in [0, 0.05) is 0 Å². The van der Waals surface area contributed by atoms with E-state index in [0.717, 1.165) is 24.6 Å². The smallest absolute Gasteiger partial charge is 0.243 e. The molecule has 1 atom stereocenters. The standard InChI is InChI=1S/C11H12N4O2S3/c12-11(18)9(6-4-5-6)15-20(16,17)8-3-1-2-7-10(8)14-19-13-7/h1-3,6,9,15H,4-5H2,(H2,12,18). The van der Waals surface area contributed by atoms with Crippen molar-refractivity contribution in [2.45, 2.75) is 23.8 Å². The molecule has 20 heavy (non-hydrogen) atoms. The van der Waals surface area contributed by atoms with E-state index in [2.05, 4.69) is 13.5 Å². The van der Waals surface area contributed by atoms with Crippen LogP contribution in [0.5, 0.6) is 0 Å². The lowest BCUT2D eigenvalue weighted by atomic mass is 10.2. The maximum absolute atomic E-state index is 12.5. The summed E-state index contributed by atoms with van der Waals surface area (Å²) in [5.74, 6) is 0.204. The first-order valence-electron chi connectivity index (χ1n) is 6.02. The Hall–Kier alpha value is -1.16. The van der Waals surface area contributed by atoms with Gasteiger partial charge >= 0.3 is 0 Å². The highest BCUT2D eigenvalue weighted by Crippen LogP contribution is 2.34. The number of sulfonamides is 1. The highest BCUT2D eigenvalue weighted by Gasteiger charge is 2.36. The van der Waals surface area contributed by atoms with Crippen LogP contribution in [0.4, 0.5) is 0 Å². The quantitative estimate of drug-likeness (QED) is 0.796. The minimum absolute atomic E-state index is 0.116. The second-order valence-corrected chi connectivity index (χ2v) is 7.41. The lowest BCUT2D eigenvalue weighted by Gasteiger charge is -2.16. The summed E-state index contributed by atoms with van der Waals surface area (Å²) in [6.45, 7) is 0. The topological polar surface area (TPSA) is 98.0 Å². The summed E-state index contributed by atoms with van der Waals surface area (Å²) in [6, 6.07) is 4.39. The fourth-order valence-electron chi connectivity index (χ4n) is 2.05. The average Bonchev–Trinajstić information content (AvgIpc) is 3.11. The Kier molecular flexibility index (Phi) is 3.44. The highest BCUT2D eigenvalue weighted by molar-refractivity contribution is 7.90. The number of rotatable bonds is 5. The second kappa shape index (κ2) is 4.99. The molecule has 0 radical (unpaired) electrons. The molecule has 1 aliphatic rings. The second-order valence-electron chi connectivity index (χ2n) is 4.73. The molecule has 1 aromatic carbocycles. The van der Waals surface area contributed by atoms with Gasteiger partial charge < -0.3 is 5.73 Å². The normalized spacial score (nSPS) is 17.2. The molecular formula is C11H12N4O2S3. The molecule has 3 rings (SSSR count). The first-order chi connectivity index (χ1) is 9.49. The molecule has 1 unspecified atom stereocenters. The Bertz CT molecular complexity index is 767. The molecule has 3 N–H and O–H groups in total. The van der Waals surface area contributed by atoms with E-state index in [4.69, 9.17) is 18.0 Å². The Labute approximate surface area is 125 Å². The van der Waals surface area contributed by atoms with Crippen molar-refractivity contribution >= 4 is 50.0 Å². The first kappa shape index (κ1) is 13.8. The Morgan fingerprint density at radius 3 is 2.85 bits per heavy atom. The van der Waals surface area contributed by atoms with E-state index in [1.54, 1.807) is 12.1 Å². The third-order valence-corrected chi connectivity index (χ3v) is 5.49. The zero-order valence-electron chi connectivity index (χ0n) is 10.3. The van der Waals surface area contributed by atoms with Crippen LogP contribution < -0.4 is 10.5 Å². The van der Waals surface area contributed by atoms with E-state index >= 15 is 0 Å². The Balaban J connectivity index is 1.99. The van der Waals surface area contributed by atoms with E-state index in [0.29, 0.717) is 11.0 Å². The molecule has 2 aromatic rings. The molecule has 1 fully saturated rings. The lowest BCUT2D eigenvalue weighted by Crippen LogP contribution is -2.44. The number of thiocarbonyl (C=S) groups is 1. The number of benzene rings is 1. The lowest BCUT2D eigenvalue weighted by molar-refractivity contribution is 0.565. The fraction of sp³-hybridized carbons (Fsp3) is 0.364. The van der Waals surface area contributed by atoms with Crippen LogP contribution in [0.25, 0.3) is 11.0 Å². The van der Waals surface area contributed by atoms with Crippen molar-refractivity contribution in [3.63, 3.8) is 0 Å². The van der Waals surface area contributed by atoms with Gasteiger partial charge in [-0.2, -0.15) is 8.75 Å². The molecule has 1 aliphatic carbocycles. The highest BCUT2D eigenvalue weighted by atomic mass is 32.2. The van der Waals surface area contributed by atoms with Crippen molar-refractivity contribution in [1.29, 1.82) is 0 Å². The number of nitrogens with one attached hydrogen (secondary N) is 1. The summed E-state index contributed by atoms with van der Waals surface area (Å²) >= 11 is 5.94. The van der Waals surface area contributed by atoms with E-state index in [1.165, 1.54) is 6.07 Å². The van der Waals surface area contributed by atoms with Crippen LogP contribution in [0.15, 0.2) is 23.1 Å². The number of hydrogen-bond donors (Lipinski definition) is 2. The summed E-state index contributed by atoms with van der Waals surface area (Å²) in [6.07, 6.45) is 1.87. The van der Waals surface area contributed by atoms with E-state index in [9.17, 15) is 8.42 Å². The van der Waals surface area contributed by atoms with Crippen LogP contribution in [0.2, 0.25) is 0 Å². The van der Waals surface area contributed by atoms with Crippen LogP contribution >= 0.6 is 23.9 Å². The third kappa shape index (κ3) is 2.53. The summed E-state index contributed by atoms with van der Waals surface area (Å²) in [4.78, 5) is 0.297. The van der Waals surface area contributed by atoms with Gasteiger partial charge in [0.15, 0.2) is 0 Å². The maximum atomic E-state index is 12.5. The SMILES string of the molecule is NC(=S)C(NS(=O)(=O)c1cccc2nsnc12)C1CC1. The summed E-state index contributed by atoms with van der Waals surface area (Å²) in [7, 11) is -3.72. The maximum Gasteiger partial charge on any atom is 0.243 e. The fourth-order valence-corrected chi connectivity index (χ4v) is 4.42. The Morgan fingerprint density at radius 2 is 2.20 bits per heavy atom. The number of hydrogen-bond acceptors (Lipinski definition) is 6. The average molecular weight is 328 g/mol. The van der Waals surface area contributed by atoms with Crippen LogP contribution in [0.3, 0.4) is 0 Å². The molecule has 106 valence electrons. The van der Waals surface area contributed by atoms with Gasteiger partial charge in [0.2, 0.25) is 10.0 Å². The molecule has 1 aromatic heterocycles. The van der Waals surface area contributed by atoms with Crippen molar-refractivity contribution in [2.24, 2.45) is 11.7 Å². The van der Waals surface area contributed by atoms with Crippen LogP contribution in [0.1, 0.15) is 12.8 Å². The van der Waals surface area contributed by atoms with E-state index < -0.39 is 16.1 Å². The molecule has 6 nitrogen and oxygen atoms in total.